The summed E-state index contributed by atoms with van der Waals surface area (Å²) in [6.07, 6.45) is 2.01. The van der Waals surface area contributed by atoms with Crippen LogP contribution >= 0.6 is 0 Å². The van der Waals surface area contributed by atoms with Gasteiger partial charge in [0.1, 0.15) is 28.1 Å². The van der Waals surface area contributed by atoms with Crippen LogP contribution in [0.15, 0.2) is 38.9 Å². The van der Waals surface area contributed by atoms with Crippen LogP contribution in [-0.4, -0.2) is 24.0 Å². The standard InChI is InChI=1S/C27H28N2O6/c1-8-33-23(30)20-22(28)35-17-10-14(4)34-24(31)19(17)27(20)18-15(5)12(2)9-16-13(3)11-26(6,7)29(21(16)18)25(27)32/h9-11H,8,28H2,1-7H3. The van der Waals surface area contributed by atoms with Crippen molar-refractivity contribution < 1.29 is 23.5 Å². The van der Waals surface area contributed by atoms with Gasteiger partial charge in [-0.05, 0) is 71.2 Å². The lowest BCUT2D eigenvalue weighted by Crippen LogP contribution is -2.55. The second-order valence-corrected chi connectivity index (χ2v) is 9.91. The van der Waals surface area contributed by atoms with Crippen LogP contribution in [-0.2, 0) is 19.7 Å². The van der Waals surface area contributed by atoms with Crippen LogP contribution in [0, 0.1) is 20.8 Å². The number of hydrogen-bond donors (Lipinski definition) is 1. The molecule has 1 spiro atoms. The summed E-state index contributed by atoms with van der Waals surface area (Å²) in [5.41, 5.74) is 7.43. The summed E-state index contributed by atoms with van der Waals surface area (Å²) < 4.78 is 16.6. The van der Waals surface area contributed by atoms with Crippen LogP contribution < -0.4 is 21.0 Å². The topological polar surface area (TPSA) is 112 Å². The van der Waals surface area contributed by atoms with E-state index in [9.17, 15) is 14.4 Å². The Bertz CT molecular complexity index is 1480. The van der Waals surface area contributed by atoms with Gasteiger partial charge in [0.15, 0.2) is 0 Å². The molecule has 4 heterocycles. The van der Waals surface area contributed by atoms with E-state index in [0.717, 1.165) is 22.3 Å². The van der Waals surface area contributed by atoms with E-state index in [1.165, 1.54) is 6.07 Å². The molecule has 0 fully saturated rings. The van der Waals surface area contributed by atoms with Gasteiger partial charge in [0.05, 0.1) is 17.8 Å². The fraction of sp³-hybridized carbons (Fsp3) is 0.370. The fourth-order valence-corrected chi connectivity index (χ4v) is 5.90. The molecule has 182 valence electrons. The van der Waals surface area contributed by atoms with Crippen molar-refractivity contribution in [2.75, 3.05) is 11.5 Å². The summed E-state index contributed by atoms with van der Waals surface area (Å²) in [7, 11) is 0. The number of carbonyl (C=O) groups is 2. The van der Waals surface area contributed by atoms with Gasteiger partial charge in [-0.2, -0.15) is 0 Å². The molecule has 1 amide bonds. The number of esters is 1. The number of hydrogen-bond acceptors (Lipinski definition) is 7. The van der Waals surface area contributed by atoms with Crippen LogP contribution in [0.1, 0.15) is 61.3 Å². The van der Waals surface area contributed by atoms with Crippen molar-refractivity contribution in [2.45, 2.75) is 59.4 Å². The van der Waals surface area contributed by atoms with E-state index in [4.69, 9.17) is 19.6 Å². The number of nitrogens with two attached hydrogens (primary N) is 1. The lowest BCUT2D eigenvalue weighted by molar-refractivity contribution is -0.141. The Labute approximate surface area is 203 Å². The van der Waals surface area contributed by atoms with Crippen molar-refractivity contribution in [1.82, 2.24) is 0 Å². The predicted molar refractivity (Wildman–Crippen MR) is 130 cm³/mol. The van der Waals surface area contributed by atoms with Crippen molar-refractivity contribution in [3.8, 4) is 5.75 Å². The van der Waals surface area contributed by atoms with Crippen LogP contribution in [0.3, 0.4) is 0 Å². The summed E-state index contributed by atoms with van der Waals surface area (Å²) in [4.78, 5) is 43.4. The molecular formula is C27H28N2O6. The molecular weight excluding hydrogens is 448 g/mol. The first kappa shape index (κ1) is 23.0. The minimum absolute atomic E-state index is 0.0516. The first-order chi connectivity index (χ1) is 16.4. The number of fused-ring (bicyclic) bond motifs is 3. The number of allylic oxidation sites excluding steroid dienone is 1. The maximum Gasteiger partial charge on any atom is 0.344 e. The number of amides is 1. The molecule has 3 aliphatic heterocycles. The third kappa shape index (κ3) is 2.70. The molecule has 0 aliphatic carbocycles. The molecule has 35 heavy (non-hydrogen) atoms. The van der Waals surface area contributed by atoms with Crippen molar-refractivity contribution in [3.05, 3.63) is 73.7 Å². The second kappa shape index (κ2) is 7.10. The second-order valence-electron chi connectivity index (χ2n) is 9.91. The summed E-state index contributed by atoms with van der Waals surface area (Å²) in [6, 6.07) is 3.55. The van der Waals surface area contributed by atoms with Crippen molar-refractivity contribution in [1.29, 1.82) is 0 Å². The van der Waals surface area contributed by atoms with E-state index in [0.29, 0.717) is 17.0 Å². The van der Waals surface area contributed by atoms with Crippen LogP contribution in [0.2, 0.25) is 0 Å². The van der Waals surface area contributed by atoms with Gasteiger partial charge in [-0.15, -0.1) is 0 Å². The molecule has 0 radical (unpaired) electrons. The zero-order valence-corrected chi connectivity index (χ0v) is 20.9. The van der Waals surface area contributed by atoms with Gasteiger partial charge < -0.3 is 24.5 Å². The molecule has 2 aromatic rings. The monoisotopic (exact) mass is 476 g/mol. The Balaban J connectivity index is 2.05. The van der Waals surface area contributed by atoms with Gasteiger partial charge in [0.25, 0.3) is 0 Å². The molecule has 8 nitrogen and oxygen atoms in total. The first-order valence-electron chi connectivity index (χ1n) is 11.6. The highest BCUT2D eigenvalue weighted by Gasteiger charge is 2.66. The molecule has 2 N–H and O–H groups in total. The van der Waals surface area contributed by atoms with Crippen molar-refractivity contribution >= 4 is 23.1 Å². The van der Waals surface area contributed by atoms with Crippen LogP contribution in [0.25, 0.3) is 5.57 Å². The smallest absolute Gasteiger partial charge is 0.344 e. The molecule has 1 unspecified atom stereocenters. The Hall–Kier alpha value is -3.81. The number of anilines is 1. The van der Waals surface area contributed by atoms with Crippen LogP contribution in [0.5, 0.6) is 5.75 Å². The largest absolute Gasteiger partial charge is 0.462 e. The maximum absolute atomic E-state index is 14.8. The third-order valence-electron chi connectivity index (χ3n) is 7.25. The average Bonchev–Trinajstić information content (AvgIpc) is 2.99. The maximum atomic E-state index is 14.8. The van der Waals surface area contributed by atoms with E-state index in [1.807, 2.05) is 46.8 Å². The molecule has 0 bridgehead atoms. The first-order valence-corrected chi connectivity index (χ1v) is 11.6. The van der Waals surface area contributed by atoms with Gasteiger partial charge >= 0.3 is 11.6 Å². The van der Waals surface area contributed by atoms with Crippen molar-refractivity contribution in [3.63, 3.8) is 0 Å². The molecule has 1 aromatic heterocycles. The van der Waals surface area contributed by atoms with Gasteiger partial charge in [0.2, 0.25) is 11.8 Å². The van der Waals surface area contributed by atoms with Crippen molar-refractivity contribution in [2.24, 2.45) is 5.73 Å². The molecule has 5 rings (SSSR count). The Morgan fingerprint density at radius 1 is 1.11 bits per heavy atom. The summed E-state index contributed by atoms with van der Waals surface area (Å²) >= 11 is 0. The van der Waals surface area contributed by atoms with E-state index in [-0.39, 0.29) is 29.4 Å². The molecule has 1 atom stereocenters. The highest BCUT2D eigenvalue weighted by molar-refractivity contribution is 6.21. The van der Waals surface area contributed by atoms with Gasteiger partial charge in [-0.1, -0.05) is 6.08 Å². The number of rotatable bonds is 2. The summed E-state index contributed by atoms with van der Waals surface area (Å²) in [5.74, 6) is -1.17. The van der Waals surface area contributed by atoms with E-state index < -0.39 is 28.5 Å². The minimum Gasteiger partial charge on any atom is -0.462 e. The summed E-state index contributed by atoms with van der Waals surface area (Å²) in [6.45, 7) is 13.0. The average molecular weight is 477 g/mol. The SMILES string of the molecule is CCOC(=O)C1=C(N)Oc2cc(C)oc(=O)c2C12C(=O)N1c3c(cc(C)c(C)c32)C(C)=CC1(C)C. The quantitative estimate of drug-likeness (QED) is 0.660. The molecule has 8 heteroatoms. The van der Waals surface area contributed by atoms with E-state index in [1.54, 1.807) is 18.7 Å². The number of benzene rings is 1. The highest BCUT2D eigenvalue weighted by atomic mass is 16.5. The van der Waals surface area contributed by atoms with Gasteiger partial charge in [-0.3, -0.25) is 4.79 Å². The van der Waals surface area contributed by atoms with Gasteiger partial charge in [-0.25, -0.2) is 9.59 Å². The van der Waals surface area contributed by atoms with Gasteiger partial charge in [0, 0.05) is 17.2 Å². The minimum atomic E-state index is -1.88. The van der Waals surface area contributed by atoms with E-state index >= 15 is 0 Å². The number of ether oxygens (including phenoxy) is 2. The Kier molecular flexibility index (Phi) is 4.66. The predicted octanol–water partition coefficient (Wildman–Crippen LogP) is 3.52. The Morgan fingerprint density at radius 2 is 1.80 bits per heavy atom. The number of nitrogens with zero attached hydrogens (tertiary/aromatic N) is 1. The molecule has 1 aromatic carbocycles. The molecule has 3 aliphatic rings. The molecule has 0 saturated carbocycles. The fourth-order valence-electron chi connectivity index (χ4n) is 5.90. The number of aryl methyl sites for hydroxylation is 2. The van der Waals surface area contributed by atoms with E-state index in [2.05, 4.69) is 0 Å². The number of carbonyl (C=O) groups excluding carboxylic acids is 2. The highest BCUT2D eigenvalue weighted by Crippen LogP contribution is 2.60. The molecule has 0 saturated heterocycles. The lowest BCUT2D eigenvalue weighted by atomic mass is 9.67. The zero-order valence-electron chi connectivity index (χ0n) is 20.9. The zero-order chi connectivity index (χ0) is 25.6. The normalized spacial score (nSPS) is 21.5. The Morgan fingerprint density at radius 3 is 2.46 bits per heavy atom. The summed E-state index contributed by atoms with van der Waals surface area (Å²) in [5, 5.41) is 0. The third-order valence-corrected chi connectivity index (χ3v) is 7.25. The van der Waals surface area contributed by atoms with Crippen LogP contribution in [0.4, 0.5) is 5.69 Å². The lowest BCUT2D eigenvalue weighted by Gasteiger charge is -2.40.